The quantitative estimate of drug-likeness (QED) is 0.736. The van der Waals surface area contributed by atoms with E-state index >= 15 is 0 Å². The van der Waals surface area contributed by atoms with Crippen molar-refractivity contribution in [3.8, 4) is 6.07 Å². The average Bonchev–Trinajstić information content (AvgIpc) is 2.54. The summed E-state index contributed by atoms with van der Waals surface area (Å²) in [6.07, 6.45) is 0.956. The number of aryl methyl sites for hydroxylation is 2. The highest BCUT2D eigenvalue weighted by Gasteiger charge is 2.39. The van der Waals surface area contributed by atoms with E-state index in [0.717, 1.165) is 13.0 Å². The molecule has 1 aliphatic heterocycles. The zero-order valence-electron chi connectivity index (χ0n) is 11.1. The van der Waals surface area contributed by atoms with E-state index in [-0.39, 0.29) is 11.5 Å². The van der Waals surface area contributed by atoms with E-state index in [2.05, 4.69) is 56.9 Å². The molecule has 1 unspecified atom stereocenters. The number of hydrogen-bond acceptors (Lipinski definition) is 2. The first-order valence-electron chi connectivity index (χ1n) is 6.19. The van der Waals surface area contributed by atoms with Gasteiger partial charge >= 0.3 is 0 Å². The maximum atomic E-state index is 9.12. The van der Waals surface area contributed by atoms with Gasteiger partial charge in [-0.2, -0.15) is 5.26 Å². The molecule has 2 heteroatoms. The van der Waals surface area contributed by atoms with E-state index in [0.29, 0.717) is 0 Å². The van der Waals surface area contributed by atoms with Gasteiger partial charge in [0.1, 0.15) is 0 Å². The van der Waals surface area contributed by atoms with E-state index in [1.54, 1.807) is 0 Å². The van der Waals surface area contributed by atoms with Crippen LogP contribution in [0.2, 0.25) is 0 Å². The normalized spacial score (nSPS) is 22.5. The van der Waals surface area contributed by atoms with Crippen LogP contribution in [-0.4, -0.2) is 12.1 Å². The Morgan fingerprint density at radius 3 is 2.35 bits per heavy atom. The van der Waals surface area contributed by atoms with Crippen LogP contribution >= 0.6 is 0 Å². The van der Waals surface area contributed by atoms with Gasteiger partial charge in [-0.25, -0.2) is 0 Å². The second-order valence-corrected chi connectivity index (χ2v) is 5.69. The Bertz CT molecular complexity index is 448. The van der Waals surface area contributed by atoms with Crippen LogP contribution in [0.25, 0.3) is 0 Å². The van der Waals surface area contributed by atoms with Gasteiger partial charge in [0.15, 0.2) is 0 Å². The summed E-state index contributed by atoms with van der Waals surface area (Å²) in [6.45, 7) is 9.62. The summed E-state index contributed by atoms with van der Waals surface area (Å²) in [5, 5.41) is 9.12. The van der Waals surface area contributed by atoms with Crippen molar-refractivity contribution in [2.24, 2.45) is 5.92 Å². The van der Waals surface area contributed by atoms with Crippen LogP contribution in [0.15, 0.2) is 18.2 Å². The van der Waals surface area contributed by atoms with Gasteiger partial charge in [0.2, 0.25) is 0 Å². The van der Waals surface area contributed by atoms with Gasteiger partial charge in [-0.05, 0) is 45.2 Å². The molecule has 1 saturated heterocycles. The third kappa shape index (κ3) is 2.02. The van der Waals surface area contributed by atoms with Crippen LogP contribution < -0.4 is 4.90 Å². The Morgan fingerprint density at radius 2 is 1.88 bits per heavy atom. The zero-order valence-corrected chi connectivity index (χ0v) is 11.1. The molecule has 1 aromatic carbocycles. The summed E-state index contributed by atoms with van der Waals surface area (Å²) in [5.74, 6) is 0.156. The number of hydrogen-bond donors (Lipinski definition) is 0. The highest BCUT2D eigenvalue weighted by Crippen LogP contribution is 2.39. The Morgan fingerprint density at radius 1 is 1.29 bits per heavy atom. The van der Waals surface area contributed by atoms with Crippen LogP contribution in [0.1, 0.15) is 31.4 Å². The molecule has 1 heterocycles. The first kappa shape index (κ1) is 12.0. The molecule has 2 rings (SSSR count). The topological polar surface area (TPSA) is 27.0 Å². The highest BCUT2D eigenvalue weighted by molar-refractivity contribution is 5.61. The van der Waals surface area contributed by atoms with Crippen LogP contribution in [-0.2, 0) is 0 Å². The molecule has 2 nitrogen and oxygen atoms in total. The fourth-order valence-corrected chi connectivity index (χ4v) is 2.96. The third-order valence-corrected chi connectivity index (χ3v) is 3.77. The third-order valence-electron chi connectivity index (χ3n) is 3.77. The number of anilines is 1. The molecular formula is C15H20N2. The molecule has 0 radical (unpaired) electrons. The van der Waals surface area contributed by atoms with Crippen molar-refractivity contribution < 1.29 is 0 Å². The van der Waals surface area contributed by atoms with E-state index in [9.17, 15) is 0 Å². The molecule has 0 spiro atoms. The van der Waals surface area contributed by atoms with Crippen LogP contribution in [0.3, 0.4) is 0 Å². The smallest absolute Gasteiger partial charge is 0.0675 e. The summed E-state index contributed by atoms with van der Waals surface area (Å²) in [6, 6.07) is 8.81. The molecule has 0 N–H and O–H groups in total. The van der Waals surface area contributed by atoms with E-state index < -0.39 is 0 Å². The minimum absolute atomic E-state index is 0.0806. The predicted molar refractivity (Wildman–Crippen MR) is 71.1 cm³/mol. The lowest BCUT2D eigenvalue weighted by Gasteiger charge is -2.35. The summed E-state index contributed by atoms with van der Waals surface area (Å²) in [7, 11) is 0. The summed E-state index contributed by atoms with van der Waals surface area (Å²) >= 11 is 0. The Kier molecular flexibility index (Phi) is 2.87. The van der Waals surface area contributed by atoms with Crippen molar-refractivity contribution in [2.75, 3.05) is 11.4 Å². The number of para-hydroxylation sites is 1. The maximum absolute atomic E-state index is 9.12. The van der Waals surface area contributed by atoms with E-state index in [4.69, 9.17) is 5.26 Å². The lowest BCUT2D eigenvalue weighted by Crippen LogP contribution is -2.39. The number of nitrogens with zero attached hydrogens (tertiary/aromatic N) is 2. The minimum atomic E-state index is 0.0806. The standard InChI is InChI=1S/C15H20N2/c1-11-6-5-7-12(2)14(11)17-10-13(9-16)8-15(17,3)4/h5-7,13H,8,10H2,1-4H3. The fourth-order valence-electron chi connectivity index (χ4n) is 2.96. The monoisotopic (exact) mass is 228 g/mol. The zero-order chi connectivity index (χ0) is 12.6. The molecule has 0 aromatic heterocycles. The van der Waals surface area contributed by atoms with Gasteiger partial charge in [-0.1, -0.05) is 18.2 Å². The lowest BCUT2D eigenvalue weighted by molar-refractivity contribution is 0.502. The van der Waals surface area contributed by atoms with Crippen LogP contribution in [0.4, 0.5) is 5.69 Å². The van der Waals surface area contributed by atoms with Gasteiger partial charge in [0.05, 0.1) is 12.0 Å². The van der Waals surface area contributed by atoms with Gasteiger partial charge in [0, 0.05) is 17.8 Å². The van der Waals surface area contributed by atoms with Crippen molar-refractivity contribution in [2.45, 2.75) is 39.7 Å². The predicted octanol–water partition coefficient (Wildman–Crippen LogP) is 3.43. The minimum Gasteiger partial charge on any atom is -0.365 e. The second-order valence-electron chi connectivity index (χ2n) is 5.69. The van der Waals surface area contributed by atoms with Gasteiger partial charge in [-0.15, -0.1) is 0 Å². The Balaban J connectivity index is 2.44. The Labute approximate surface area is 104 Å². The SMILES string of the molecule is Cc1cccc(C)c1N1CC(C#N)CC1(C)C. The lowest BCUT2D eigenvalue weighted by atomic mass is 9.96. The highest BCUT2D eigenvalue weighted by atomic mass is 15.2. The van der Waals surface area contributed by atoms with Gasteiger partial charge in [-0.3, -0.25) is 0 Å². The average molecular weight is 228 g/mol. The molecule has 1 atom stereocenters. The molecule has 17 heavy (non-hydrogen) atoms. The molecule has 90 valence electrons. The molecule has 0 saturated carbocycles. The fraction of sp³-hybridized carbons (Fsp3) is 0.533. The van der Waals surface area contributed by atoms with Crippen molar-refractivity contribution in [1.82, 2.24) is 0 Å². The van der Waals surface area contributed by atoms with Gasteiger partial charge < -0.3 is 4.90 Å². The van der Waals surface area contributed by atoms with Crippen molar-refractivity contribution >= 4 is 5.69 Å². The molecule has 0 amide bonds. The molecule has 1 aliphatic rings. The Hall–Kier alpha value is -1.49. The van der Waals surface area contributed by atoms with Crippen LogP contribution in [0, 0.1) is 31.1 Å². The maximum Gasteiger partial charge on any atom is 0.0675 e. The first-order valence-corrected chi connectivity index (χ1v) is 6.19. The van der Waals surface area contributed by atoms with E-state index in [1.165, 1.54) is 16.8 Å². The largest absolute Gasteiger partial charge is 0.365 e. The van der Waals surface area contributed by atoms with Crippen LogP contribution in [0.5, 0.6) is 0 Å². The summed E-state index contributed by atoms with van der Waals surface area (Å²) < 4.78 is 0. The van der Waals surface area contributed by atoms with Gasteiger partial charge in [0.25, 0.3) is 0 Å². The molecule has 0 bridgehead atoms. The number of benzene rings is 1. The second kappa shape index (κ2) is 4.07. The van der Waals surface area contributed by atoms with Crippen molar-refractivity contribution in [3.63, 3.8) is 0 Å². The summed E-state index contributed by atoms with van der Waals surface area (Å²) in [5.41, 5.74) is 4.00. The first-order chi connectivity index (χ1) is 7.95. The number of rotatable bonds is 1. The van der Waals surface area contributed by atoms with Crippen molar-refractivity contribution in [3.05, 3.63) is 29.3 Å². The molecule has 0 aliphatic carbocycles. The molecule has 1 fully saturated rings. The number of nitriles is 1. The van der Waals surface area contributed by atoms with E-state index in [1.807, 2.05) is 0 Å². The molecular weight excluding hydrogens is 208 g/mol. The summed E-state index contributed by atoms with van der Waals surface area (Å²) in [4.78, 5) is 2.41. The molecule has 1 aromatic rings. The van der Waals surface area contributed by atoms with Crippen molar-refractivity contribution in [1.29, 1.82) is 5.26 Å².